The molecule has 1 aromatic heterocycles. The van der Waals surface area contributed by atoms with Gasteiger partial charge in [-0.3, -0.25) is 9.69 Å². The van der Waals surface area contributed by atoms with E-state index in [1.807, 2.05) is 23.1 Å². The highest BCUT2D eigenvalue weighted by Gasteiger charge is 2.24. The van der Waals surface area contributed by atoms with Crippen LogP contribution < -0.4 is 14.4 Å². The number of anilines is 1. The number of hydrogen-bond acceptors (Lipinski definition) is 8. The molecular formula is C21H25N5O4. The minimum absolute atomic E-state index is 0.0567. The van der Waals surface area contributed by atoms with Gasteiger partial charge in [0, 0.05) is 45.8 Å². The van der Waals surface area contributed by atoms with Gasteiger partial charge >= 0.3 is 0 Å². The van der Waals surface area contributed by atoms with Crippen LogP contribution in [-0.4, -0.2) is 85.2 Å². The average molecular weight is 411 g/mol. The first-order chi connectivity index (χ1) is 14.8. The highest BCUT2D eigenvalue weighted by Crippen LogP contribution is 2.32. The second kappa shape index (κ2) is 8.45. The summed E-state index contributed by atoms with van der Waals surface area (Å²) >= 11 is 0. The number of nitrogens with zero attached hydrogens (tertiary/aromatic N) is 5. The normalized spacial score (nSPS) is 19.2. The molecule has 4 heterocycles. The van der Waals surface area contributed by atoms with Crippen LogP contribution in [0.1, 0.15) is 16.1 Å². The lowest BCUT2D eigenvalue weighted by atomic mass is 10.1. The quantitative estimate of drug-likeness (QED) is 0.737. The van der Waals surface area contributed by atoms with Crippen molar-refractivity contribution in [3.63, 3.8) is 0 Å². The summed E-state index contributed by atoms with van der Waals surface area (Å²) in [4.78, 5) is 19.1. The smallest absolute Gasteiger partial charge is 0.274 e. The van der Waals surface area contributed by atoms with E-state index in [0.717, 1.165) is 50.0 Å². The van der Waals surface area contributed by atoms with E-state index in [2.05, 4.69) is 26.1 Å². The minimum atomic E-state index is -0.0567. The molecule has 0 spiro atoms. The summed E-state index contributed by atoms with van der Waals surface area (Å²) in [5, 5.41) is 8.44. The second-order valence-electron chi connectivity index (χ2n) is 7.63. The van der Waals surface area contributed by atoms with Crippen molar-refractivity contribution in [2.24, 2.45) is 0 Å². The number of hydrogen-bond donors (Lipinski definition) is 0. The van der Waals surface area contributed by atoms with Gasteiger partial charge in [0.1, 0.15) is 0 Å². The summed E-state index contributed by atoms with van der Waals surface area (Å²) in [6, 6.07) is 9.71. The van der Waals surface area contributed by atoms with Crippen LogP contribution in [0.15, 0.2) is 30.3 Å². The molecule has 0 saturated carbocycles. The zero-order valence-corrected chi connectivity index (χ0v) is 16.8. The maximum Gasteiger partial charge on any atom is 0.274 e. The van der Waals surface area contributed by atoms with E-state index >= 15 is 0 Å². The molecule has 1 amide bonds. The van der Waals surface area contributed by atoms with Gasteiger partial charge in [0.15, 0.2) is 23.0 Å². The molecule has 2 aromatic rings. The lowest BCUT2D eigenvalue weighted by Gasteiger charge is -2.34. The van der Waals surface area contributed by atoms with Crippen LogP contribution >= 0.6 is 0 Å². The zero-order chi connectivity index (χ0) is 20.3. The number of piperazine rings is 1. The molecule has 158 valence electrons. The fraction of sp³-hybridized carbons (Fsp3) is 0.476. The summed E-state index contributed by atoms with van der Waals surface area (Å²) in [7, 11) is 0. The number of carbonyl (C=O) groups is 1. The van der Waals surface area contributed by atoms with Gasteiger partial charge in [-0.15, -0.1) is 10.2 Å². The lowest BCUT2D eigenvalue weighted by Crippen LogP contribution is -2.48. The third-order valence-electron chi connectivity index (χ3n) is 5.71. The van der Waals surface area contributed by atoms with Crippen LogP contribution in [0.3, 0.4) is 0 Å². The molecule has 9 nitrogen and oxygen atoms in total. The third kappa shape index (κ3) is 4.03. The Bertz CT molecular complexity index is 893. The van der Waals surface area contributed by atoms with E-state index in [4.69, 9.17) is 14.2 Å². The van der Waals surface area contributed by atoms with Gasteiger partial charge in [0.2, 0.25) is 6.79 Å². The molecule has 2 fully saturated rings. The predicted octanol–water partition coefficient (Wildman–Crippen LogP) is 1.000. The molecular weight excluding hydrogens is 386 g/mol. The first kappa shape index (κ1) is 19.1. The molecule has 0 aliphatic carbocycles. The maximum atomic E-state index is 12.8. The van der Waals surface area contributed by atoms with Gasteiger partial charge in [-0.2, -0.15) is 0 Å². The average Bonchev–Trinajstić information content (AvgIpc) is 3.28. The van der Waals surface area contributed by atoms with Gasteiger partial charge in [0.25, 0.3) is 5.91 Å². The second-order valence-corrected chi connectivity index (χ2v) is 7.63. The Kier molecular flexibility index (Phi) is 5.37. The number of amides is 1. The molecule has 0 radical (unpaired) electrons. The van der Waals surface area contributed by atoms with Crippen molar-refractivity contribution >= 4 is 11.7 Å². The van der Waals surface area contributed by atoms with Crippen molar-refractivity contribution in [2.75, 3.05) is 64.2 Å². The highest BCUT2D eigenvalue weighted by atomic mass is 16.7. The van der Waals surface area contributed by atoms with Gasteiger partial charge in [-0.25, -0.2) is 0 Å². The Morgan fingerprint density at radius 2 is 1.70 bits per heavy atom. The van der Waals surface area contributed by atoms with Crippen molar-refractivity contribution in [3.05, 3.63) is 41.6 Å². The molecule has 30 heavy (non-hydrogen) atoms. The van der Waals surface area contributed by atoms with Crippen molar-refractivity contribution in [3.8, 4) is 11.5 Å². The molecule has 2 saturated heterocycles. The molecule has 0 unspecified atom stereocenters. The maximum absolute atomic E-state index is 12.8. The Hall–Kier alpha value is -2.91. The number of rotatable bonds is 4. The minimum Gasteiger partial charge on any atom is -0.454 e. The molecule has 0 bridgehead atoms. The monoisotopic (exact) mass is 411 g/mol. The SMILES string of the molecule is O=C(c1ccc(N2CCOCC2)nn1)N1CCN(Cc2ccc3c(c2)OCO3)CC1. The molecule has 5 rings (SSSR count). The third-order valence-corrected chi connectivity index (χ3v) is 5.71. The Labute approximate surface area is 175 Å². The number of morpholine rings is 1. The molecule has 3 aliphatic rings. The molecule has 9 heteroatoms. The fourth-order valence-corrected chi connectivity index (χ4v) is 3.97. The van der Waals surface area contributed by atoms with Gasteiger partial charge in [-0.1, -0.05) is 6.07 Å². The number of fused-ring (bicyclic) bond motifs is 1. The van der Waals surface area contributed by atoms with E-state index in [9.17, 15) is 4.79 Å². The van der Waals surface area contributed by atoms with Crippen LogP contribution in [0.25, 0.3) is 0 Å². The first-order valence-corrected chi connectivity index (χ1v) is 10.3. The topological polar surface area (TPSA) is 80.3 Å². The van der Waals surface area contributed by atoms with Crippen molar-refractivity contribution in [1.29, 1.82) is 0 Å². The molecule has 3 aliphatic heterocycles. The van der Waals surface area contributed by atoms with Crippen LogP contribution in [0.2, 0.25) is 0 Å². The molecule has 0 N–H and O–H groups in total. The predicted molar refractivity (Wildman–Crippen MR) is 109 cm³/mol. The molecule has 0 atom stereocenters. The van der Waals surface area contributed by atoms with Gasteiger partial charge in [-0.05, 0) is 29.8 Å². The summed E-state index contributed by atoms with van der Waals surface area (Å²) in [5.74, 6) is 2.34. The van der Waals surface area contributed by atoms with Crippen molar-refractivity contribution in [1.82, 2.24) is 20.0 Å². The van der Waals surface area contributed by atoms with Gasteiger partial charge in [0.05, 0.1) is 13.2 Å². The van der Waals surface area contributed by atoms with E-state index in [0.29, 0.717) is 32.0 Å². The number of ether oxygens (including phenoxy) is 3. The van der Waals surface area contributed by atoms with E-state index in [1.54, 1.807) is 6.07 Å². The molecule has 1 aromatic carbocycles. The summed E-state index contributed by atoms with van der Waals surface area (Å²) in [5.41, 5.74) is 1.58. The van der Waals surface area contributed by atoms with Crippen LogP contribution in [-0.2, 0) is 11.3 Å². The van der Waals surface area contributed by atoms with Crippen LogP contribution in [0, 0.1) is 0 Å². The number of aromatic nitrogens is 2. The Balaban J connectivity index is 1.15. The van der Waals surface area contributed by atoms with Crippen LogP contribution in [0.5, 0.6) is 11.5 Å². The van der Waals surface area contributed by atoms with Crippen molar-refractivity contribution in [2.45, 2.75) is 6.54 Å². The highest BCUT2D eigenvalue weighted by molar-refractivity contribution is 5.92. The Morgan fingerprint density at radius 1 is 0.900 bits per heavy atom. The zero-order valence-electron chi connectivity index (χ0n) is 16.8. The number of benzene rings is 1. The van der Waals surface area contributed by atoms with E-state index in [1.165, 1.54) is 5.56 Å². The van der Waals surface area contributed by atoms with Gasteiger partial charge < -0.3 is 24.0 Å². The lowest BCUT2D eigenvalue weighted by molar-refractivity contribution is 0.0621. The fourth-order valence-electron chi connectivity index (χ4n) is 3.97. The largest absolute Gasteiger partial charge is 0.454 e. The summed E-state index contributed by atoms with van der Waals surface area (Å²) in [6.07, 6.45) is 0. The van der Waals surface area contributed by atoms with Crippen molar-refractivity contribution < 1.29 is 19.0 Å². The standard InChI is InChI=1S/C21H25N5O4/c27-21(17-2-4-20(23-22-17)25-9-11-28-12-10-25)26-7-5-24(6-8-26)14-16-1-3-18-19(13-16)30-15-29-18/h1-4,13H,5-12,14-15H2. The Morgan fingerprint density at radius 3 is 2.47 bits per heavy atom. The number of carbonyl (C=O) groups excluding carboxylic acids is 1. The first-order valence-electron chi connectivity index (χ1n) is 10.3. The van der Waals surface area contributed by atoms with E-state index < -0.39 is 0 Å². The van der Waals surface area contributed by atoms with E-state index in [-0.39, 0.29) is 12.7 Å². The summed E-state index contributed by atoms with van der Waals surface area (Å²) in [6.45, 7) is 7.09. The summed E-state index contributed by atoms with van der Waals surface area (Å²) < 4.78 is 16.2. The van der Waals surface area contributed by atoms with Crippen LogP contribution in [0.4, 0.5) is 5.82 Å².